The predicted octanol–water partition coefficient (Wildman–Crippen LogP) is 1.07. The van der Waals surface area contributed by atoms with Crippen molar-refractivity contribution in [2.24, 2.45) is 0 Å². The van der Waals surface area contributed by atoms with E-state index >= 15 is 0 Å². The number of amides is 1. The van der Waals surface area contributed by atoms with E-state index in [0.29, 0.717) is 29.9 Å². The Bertz CT molecular complexity index is 1090. The second kappa shape index (κ2) is 5.65. The lowest BCUT2D eigenvalue weighted by Crippen LogP contribution is -2.30. The maximum absolute atomic E-state index is 12.3. The van der Waals surface area contributed by atoms with Gasteiger partial charge in [-0.1, -0.05) is 0 Å². The van der Waals surface area contributed by atoms with Crippen LogP contribution < -0.4 is 10.9 Å². The van der Waals surface area contributed by atoms with Gasteiger partial charge in [0.1, 0.15) is 5.56 Å². The summed E-state index contributed by atoms with van der Waals surface area (Å²) < 4.78 is 8.22. The largest absolute Gasteiger partial charge is 0.459 e. The van der Waals surface area contributed by atoms with Crippen LogP contribution in [0.4, 0.5) is 0 Å². The molecule has 0 aromatic carbocycles. The van der Waals surface area contributed by atoms with Gasteiger partial charge in [-0.25, -0.2) is 9.50 Å². The van der Waals surface area contributed by atoms with E-state index in [1.807, 2.05) is 0 Å². The normalized spacial score (nSPS) is 11.2. The Morgan fingerprint density at radius 1 is 1.29 bits per heavy atom. The van der Waals surface area contributed by atoms with Crippen molar-refractivity contribution in [1.29, 1.82) is 0 Å². The first-order chi connectivity index (χ1) is 11.7. The molecule has 0 saturated heterocycles. The summed E-state index contributed by atoms with van der Waals surface area (Å²) in [6, 6.07) is 5.27. The van der Waals surface area contributed by atoms with Crippen molar-refractivity contribution in [2.45, 2.75) is 6.54 Å². The number of carbonyl (C=O) groups excluding carboxylic acids is 1. The number of hydrogen-bond donors (Lipinski definition) is 1. The van der Waals surface area contributed by atoms with E-state index in [0.717, 1.165) is 5.39 Å². The lowest BCUT2D eigenvalue weighted by Gasteiger charge is -2.06. The van der Waals surface area contributed by atoms with E-state index in [1.165, 1.54) is 21.5 Å². The number of furan rings is 1. The highest BCUT2D eigenvalue weighted by molar-refractivity contribution is 5.99. The Hall–Kier alpha value is -3.42. The highest BCUT2D eigenvalue weighted by Gasteiger charge is 2.13. The number of nitrogens with one attached hydrogen (secondary N) is 1. The minimum Gasteiger partial charge on any atom is -0.459 e. The van der Waals surface area contributed by atoms with Gasteiger partial charge in [0.2, 0.25) is 0 Å². The number of carbonyl (C=O) groups is 1. The first-order valence-electron chi connectivity index (χ1n) is 7.37. The fourth-order valence-electron chi connectivity index (χ4n) is 2.54. The Labute approximate surface area is 135 Å². The number of pyridine rings is 1. The summed E-state index contributed by atoms with van der Waals surface area (Å²) in [5.41, 5.74) is 0.980. The van der Waals surface area contributed by atoms with Crippen LogP contribution in [-0.2, 0) is 6.54 Å². The quantitative estimate of drug-likeness (QED) is 0.606. The molecule has 4 heterocycles. The monoisotopic (exact) mass is 323 g/mol. The summed E-state index contributed by atoms with van der Waals surface area (Å²) in [5.74, 6) is -0.282. The Kier molecular flexibility index (Phi) is 3.34. The summed E-state index contributed by atoms with van der Waals surface area (Å²) in [5, 5.41) is 7.61. The molecule has 4 rings (SSSR count). The number of nitrogens with zero attached hydrogens (tertiary/aromatic N) is 4. The second-order valence-electron chi connectivity index (χ2n) is 5.22. The second-order valence-corrected chi connectivity index (χ2v) is 5.22. The third-order valence-corrected chi connectivity index (χ3v) is 3.75. The molecule has 0 atom stereocenters. The van der Waals surface area contributed by atoms with Crippen LogP contribution in [0, 0.1) is 0 Å². The first kappa shape index (κ1) is 14.2. The third-order valence-electron chi connectivity index (χ3n) is 3.75. The van der Waals surface area contributed by atoms with Crippen LogP contribution >= 0.6 is 0 Å². The van der Waals surface area contributed by atoms with Crippen LogP contribution in [0.25, 0.3) is 16.6 Å². The summed E-state index contributed by atoms with van der Waals surface area (Å²) >= 11 is 0. The zero-order valence-electron chi connectivity index (χ0n) is 12.5. The van der Waals surface area contributed by atoms with E-state index in [-0.39, 0.29) is 11.5 Å². The smallest absolute Gasteiger partial charge is 0.294 e. The molecular weight excluding hydrogens is 310 g/mol. The van der Waals surface area contributed by atoms with Crippen LogP contribution in [0.5, 0.6) is 0 Å². The molecule has 8 nitrogen and oxygen atoms in total. The molecule has 0 saturated carbocycles. The fourth-order valence-corrected chi connectivity index (χ4v) is 2.54. The molecule has 0 unspecified atom stereocenters. The van der Waals surface area contributed by atoms with Crippen LogP contribution in [-0.4, -0.2) is 31.6 Å². The predicted molar refractivity (Wildman–Crippen MR) is 85.8 cm³/mol. The van der Waals surface area contributed by atoms with E-state index in [2.05, 4.69) is 15.4 Å². The van der Waals surface area contributed by atoms with Crippen LogP contribution in [0.2, 0.25) is 0 Å². The van der Waals surface area contributed by atoms with Crippen molar-refractivity contribution in [3.05, 3.63) is 65.2 Å². The lowest BCUT2D eigenvalue weighted by atomic mass is 10.3. The third kappa shape index (κ3) is 2.34. The molecule has 0 aliphatic carbocycles. The Balaban J connectivity index is 1.47. The van der Waals surface area contributed by atoms with E-state index in [1.54, 1.807) is 36.8 Å². The summed E-state index contributed by atoms with van der Waals surface area (Å²) in [4.78, 5) is 28.6. The standard InChI is InChI=1S/C16H13N5O3/c22-15(12-10-19-21-6-1-4-17-14(12)21)18-5-8-20-7-2-11-3-9-24-13(11)16(20)23/h1-4,6-7,9-10H,5,8H2,(H,18,22). The van der Waals surface area contributed by atoms with Gasteiger partial charge in [0.15, 0.2) is 11.2 Å². The van der Waals surface area contributed by atoms with E-state index in [9.17, 15) is 9.59 Å². The number of aromatic nitrogens is 4. The fraction of sp³-hybridized carbons (Fsp3) is 0.125. The van der Waals surface area contributed by atoms with Crippen molar-refractivity contribution in [2.75, 3.05) is 6.54 Å². The number of fused-ring (bicyclic) bond motifs is 2. The molecular formula is C16H13N5O3. The van der Waals surface area contributed by atoms with Crippen molar-refractivity contribution in [1.82, 2.24) is 24.5 Å². The molecule has 1 amide bonds. The number of rotatable bonds is 4. The molecule has 8 heteroatoms. The van der Waals surface area contributed by atoms with Crippen LogP contribution in [0.1, 0.15) is 10.4 Å². The van der Waals surface area contributed by atoms with Crippen LogP contribution in [0.3, 0.4) is 0 Å². The molecule has 0 spiro atoms. The van der Waals surface area contributed by atoms with Crippen molar-refractivity contribution >= 4 is 22.5 Å². The minimum atomic E-state index is -0.282. The molecule has 0 aliphatic heterocycles. The lowest BCUT2D eigenvalue weighted by molar-refractivity contribution is 0.0953. The van der Waals surface area contributed by atoms with Gasteiger partial charge >= 0.3 is 0 Å². The average Bonchev–Trinajstić information content (AvgIpc) is 3.23. The first-order valence-corrected chi connectivity index (χ1v) is 7.37. The van der Waals surface area contributed by atoms with E-state index < -0.39 is 0 Å². The zero-order chi connectivity index (χ0) is 16.5. The molecule has 0 fully saturated rings. The molecule has 4 aromatic heterocycles. The van der Waals surface area contributed by atoms with Gasteiger partial charge in [0, 0.05) is 37.1 Å². The number of hydrogen-bond acceptors (Lipinski definition) is 5. The SMILES string of the molecule is O=C(NCCn1ccc2ccoc2c1=O)c1cnn2cccnc12. The van der Waals surface area contributed by atoms with Crippen molar-refractivity contribution in [3.63, 3.8) is 0 Å². The topological polar surface area (TPSA) is 94.4 Å². The van der Waals surface area contributed by atoms with Crippen molar-refractivity contribution in [3.8, 4) is 0 Å². The van der Waals surface area contributed by atoms with Gasteiger partial charge in [-0.2, -0.15) is 5.10 Å². The minimum absolute atomic E-state index is 0.218. The molecule has 0 aliphatic rings. The van der Waals surface area contributed by atoms with Crippen LogP contribution in [0.15, 0.2) is 58.5 Å². The van der Waals surface area contributed by atoms with Gasteiger partial charge in [-0.3, -0.25) is 9.59 Å². The maximum atomic E-state index is 12.3. The van der Waals surface area contributed by atoms with Gasteiger partial charge in [-0.05, 0) is 18.2 Å². The zero-order valence-corrected chi connectivity index (χ0v) is 12.5. The molecule has 24 heavy (non-hydrogen) atoms. The van der Waals surface area contributed by atoms with Gasteiger partial charge in [-0.15, -0.1) is 0 Å². The molecule has 120 valence electrons. The molecule has 4 aromatic rings. The molecule has 0 bridgehead atoms. The molecule has 0 radical (unpaired) electrons. The van der Waals surface area contributed by atoms with Gasteiger partial charge in [0.25, 0.3) is 11.5 Å². The summed E-state index contributed by atoms with van der Waals surface area (Å²) in [6.07, 6.45) is 7.96. The summed E-state index contributed by atoms with van der Waals surface area (Å²) in [6.45, 7) is 0.642. The molecule has 1 N–H and O–H groups in total. The Morgan fingerprint density at radius 3 is 3.12 bits per heavy atom. The van der Waals surface area contributed by atoms with Gasteiger partial charge < -0.3 is 14.3 Å². The Morgan fingerprint density at radius 2 is 2.21 bits per heavy atom. The maximum Gasteiger partial charge on any atom is 0.294 e. The average molecular weight is 323 g/mol. The highest BCUT2D eigenvalue weighted by Crippen LogP contribution is 2.09. The van der Waals surface area contributed by atoms with Crippen molar-refractivity contribution < 1.29 is 9.21 Å². The summed E-state index contributed by atoms with van der Waals surface area (Å²) in [7, 11) is 0. The van der Waals surface area contributed by atoms with Gasteiger partial charge in [0.05, 0.1) is 12.5 Å². The highest BCUT2D eigenvalue weighted by atomic mass is 16.3. The van der Waals surface area contributed by atoms with E-state index in [4.69, 9.17) is 4.42 Å².